The van der Waals surface area contributed by atoms with Crippen molar-refractivity contribution in [1.29, 1.82) is 0 Å². The molecule has 36 heavy (non-hydrogen) atoms. The molecule has 1 aliphatic heterocycles. The molecule has 1 N–H and O–H groups in total. The summed E-state index contributed by atoms with van der Waals surface area (Å²) in [5.74, 6) is 0.513. The molecule has 0 aliphatic carbocycles. The van der Waals surface area contributed by atoms with Crippen molar-refractivity contribution >= 4 is 10.4 Å². The Kier molecular flexibility index (Phi) is 11.7. The summed E-state index contributed by atoms with van der Waals surface area (Å²) in [7, 11) is -4.57. The fraction of sp³-hybridized carbons (Fsp3) is 0.586. The Balaban J connectivity index is 1.46. The Morgan fingerprint density at radius 1 is 0.944 bits per heavy atom. The van der Waals surface area contributed by atoms with Crippen LogP contribution in [0.2, 0.25) is 0 Å². The van der Waals surface area contributed by atoms with Gasteiger partial charge in [0.05, 0.1) is 12.7 Å². The highest BCUT2D eigenvalue weighted by Crippen LogP contribution is 2.22. The van der Waals surface area contributed by atoms with Gasteiger partial charge in [0.15, 0.2) is 0 Å². The van der Waals surface area contributed by atoms with Gasteiger partial charge < -0.3 is 4.74 Å². The van der Waals surface area contributed by atoms with Crippen LogP contribution in [0.3, 0.4) is 0 Å². The van der Waals surface area contributed by atoms with Crippen LogP contribution in [0.5, 0.6) is 5.75 Å². The highest BCUT2D eigenvalue weighted by atomic mass is 32.3. The van der Waals surface area contributed by atoms with E-state index in [9.17, 15) is 13.0 Å². The van der Waals surface area contributed by atoms with E-state index in [1.807, 2.05) is 31.2 Å². The van der Waals surface area contributed by atoms with Crippen LogP contribution in [0, 0.1) is 5.92 Å². The molecule has 0 bridgehead atoms. The predicted octanol–water partition coefficient (Wildman–Crippen LogP) is 6.24. The SMILES string of the molecule is CCCCCCCCCc1ccc(OCC(C)C(CN2CCc3ccccc3C2)OS(=O)(=O)O)cc1. The summed E-state index contributed by atoms with van der Waals surface area (Å²) in [6.45, 7) is 6.38. The standard InChI is InChI=1S/C29H43NO5S/c1-3-4-5-6-7-8-9-12-25-15-17-28(18-16-25)34-23-24(2)29(35-36(31,32)33)22-30-20-19-26-13-10-11-14-27(26)21-30/h10-11,13-18,24,29H,3-9,12,19-23H2,1-2H3,(H,31,32,33). The molecule has 0 saturated heterocycles. The summed E-state index contributed by atoms with van der Waals surface area (Å²) >= 11 is 0. The molecule has 0 aromatic heterocycles. The molecule has 3 rings (SSSR count). The molecule has 0 fully saturated rings. The topological polar surface area (TPSA) is 76.1 Å². The second kappa shape index (κ2) is 14.7. The van der Waals surface area contributed by atoms with Gasteiger partial charge in [-0.05, 0) is 48.1 Å². The number of hydrogen-bond donors (Lipinski definition) is 1. The number of benzene rings is 2. The molecule has 0 radical (unpaired) electrons. The summed E-state index contributed by atoms with van der Waals surface area (Å²) in [5.41, 5.74) is 3.88. The van der Waals surface area contributed by atoms with E-state index in [0.717, 1.165) is 31.7 Å². The summed E-state index contributed by atoms with van der Waals surface area (Å²) in [5, 5.41) is 0. The van der Waals surface area contributed by atoms with Crippen LogP contribution < -0.4 is 4.74 Å². The molecule has 2 aromatic rings. The van der Waals surface area contributed by atoms with Gasteiger partial charge in [-0.3, -0.25) is 9.45 Å². The van der Waals surface area contributed by atoms with Gasteiger partial charge in [-0.25, -0.2) is 4.18 Å². The molecular weight excluding hydrogens is 474 g/mol. The van der Waals surface area contributed by atoms with E-state index < -0.39 is 16.5 Å². The normalized spacial score (nSPS) is 15.9. The quantitative estimate of drug-likeness (QED) is 0.210. The van der Waals surface area contributed by atoms with Crippen LogP contribution in [0.15, 0.2) is 48.5 Å². The van der Waals surface area contributed by atoms with Gasteiger partial charge in [0.25, 0.3) is 0 Å². The minimum absolute atomic E-state index is 0.239. The largest absolute Gasteiger partial charge is 0.493 e. The van der Waals surface area contributed by atoms with Crippen molar-refractivity contribution in [2.24, 2.45) is 5.92 Å². The van der Waals surface area contributed by atoms with E-state index in [4.69, 9.17) is 8.92 Å². The van der Waals surface area contributed by atoms with Gasteiger partial charge >= 0.3 is 10.4 Å². The van der Waals surface area contributed by atoms with Crippen LogP contribution >= 0.6 is 0 Å². The Hall–Kier alpha value is -1.93. The van der Waals surface area contributed by atoms with Crippen LogP contribution in [0.1, 0.15) is 75.5 Å². The van der Waals surface area contributed by atoms with Gasteiger partial charge in [0.1, 0.15) is 5.75 Å². The molecule has 0 amide bonds. The first-order chi connectivity index (χ1) is 17.3. The molecule has 1 aliphatic rings. The molecule has 2 aromatic carbocycles. The maximum atomic E-state index is 11.5. The second-order valence-electron chi connectivity index (χ2n) is 10.1. The van der Waals surface area contributed by atoms with Crippen molar-refractivity contribution in [3.05, 3.63) is 65.2 Å². The Morgan fingerprint density at radius 3 is 2.31 bits per heavy atom. The molecule has 200 valence electrons. The molecule has 2 atom stereocenters. The Bertz CT molecular complexity index is 1010. The lowest BCUT2D eigenvalue weighted by molar-refractivity contribution is 0.0591. The van der Waals surface area contributed by atoms with Crippen LogP contribution in [0.4, 0.5) is 0 Å². The summed E-state index contributed by atoms with van der Waals surface area (Å²) in [6, 6.07) is 16.5. The van der Waals surface area contributed by atoms with E-state index in [0.29, 0.717) is 13.2 Å². The van der Waals surface area contributed by atoms with Gasteiger partial charge in [0.2, 0.25) is 0 Å². The van der Waals surface area contributed by atoms with E-state index in [2.05, 4.69) is 36.1 Å². The Labute approximate surface area is 218 Å². The number of hydrogen-bond acceptors (Lipinski definition) is 5. The maximum Gasteiger partial charge on any atom is 0.397 e. The van der Waals surface area contributed by atoms with Crippen LogP contribution in [-0.2, 0) is 34.0 Å². The predicted molar refractivity (Wildman–Crippen MR) is 145 cm³/mol. The zero-order valence-corrected chi connectivity index (χ0v) is 22.7. The number of aryl methyl sites for hydroxylation is 1. The number of unbranched alkanes of at least 4 members (excludes halogenated alkanes) is 6. The molecule has 0 saturated carbocycles. The third kappa shape index (κ3) is 10.2. The highest BCUT2D eigenvalue weighted by molar-refractivity contribution is 7.80. The summed E-state index contributed by atoms with van der Waals surface area (Å²) in [6.07, 6.45) is 10.4. The van der Waals surface area contributed by atoms with E-state index in [1.54, 1.807) is 0 Å². The zero-order chi connectivity index (χ0) is 25.8. The van der Waals surface area contributed by atoms with Crippen molar-refractivity contribution in [3.63, 3.8) is 0 Å². The molecule has 2 unspecified atom stereocenters. The van der Waals surface area contributed by atoms with Crippen molar-refractivity contribution in [2.45, 2.75) is 84.3 Å². The lowest BCUT2D eigenvalue weighted by atomic mass is 9.98. The van der Waals surface area contributed by atoms with E-state index in [-0.39, 0.29) is 5.92 Å². The monoisotopic (exact) mass is 517 g/mol. The number of rotatable bonds is 16. The van der Waals surface area contributed by atoms with Gasteiger partial charge in [0, 0.05) is 25.6 Å². The number of fused-ring (bicyclic) bond motifs is 1. The van der Waals surface area contributed by atoms with Crippen molar-refractivity contribution < 1.29 is 21.9 Å². The van der Waals surface area contributed by atoms with Gasteiger partial charge in [-0.1, -0.05) is 88.8 Å². The lowest BCUT2D eigenvalue weighted by Gasteiger charge is -2.33. The summed E-state index contributed by atoms with van der Waals surface area (Å²) in [4.78, 5) is 2.17. The molecule has 6 nitrogen and oxygen atoms in total. The first kappa shape index (κ1) is 28.6. The van der Waals surface area contributed by atoms with E-state index >= 15 is 0 Å². The fourth-order valence-electron chi connectivity index (χ4n) is 4.80. The minimum Gasteiger partial charge on any atom is -0.493 e. The number of ether oxygens (including phenoxy) is 1. The number of nitrogens with zero attached hydrogens (tertiary/aromatic N) is 1. The van der Waals surface area contributed by atoms with E-state index in [1.165, 1.54) is 61.6 Å². The van der Waals surface area contributed by atoms with Crippen molar-refractivity contribution in [3.8, 4) is 5.75 Å². The first-order valence-electron chi connectivity index (χ1n) is 13.5. The zero-order valence-electron chi connectivity index (χ0n) is 21.9. The molecule has 1 heterocycles. The minimum atomic E-state index is -4.57. The fourth-order valence-corrected chi connectivity index (χ4v) is 5.36. The lowest BCUT2D eigenvalue weighted by Crippen LogP contribution is -2.42. The molecule has 0 spiro atoms. The average molecular weight is 518 g/mol. The Morgan fingerprint density at radius 2 is 1.61 bits per heavy atom. The smallest absolute Gasteiger partial charge is 0.397 e. The van der Waals surface area contributed by atoms with Crippen LogP contribution in [0.25, 0.3) is 0 Å². The van der Waals surface area contributed by atoms with Crippen molar-refractivity contribution in [2.75, 3.05) is 19.7 Å². The van der Waals surface area contributed by atoms with Crippen molar-refractivity contribution in [1.82, 2.24) is 4.90 Å². The molecule has 7 heteroatoms. The first-order valence-corrected chi connectivity index (χ1v) is 14.9. The van der Waals surface area contributed by atoms with Crippen LogP contribution in [-0.4, -0.2) is 43.7 Å². The average Bonchev–Trinajstić information content (AvgIpc) is 2.86. The van der Waals surface area contributed by atoms with Gasteiger partial charge in [-0.2, -0.15) is 8.42 Å². The third-order valence-corrected chi connectivity index (χ3v) is 7.52. The van der Waals surface area contributed by atoms with Gasteiger partial charge in [-0.15, -0.1) is 0 Å². The summed E-state index contributed by atoms with van der Waals surface area (Å²) < 4.78 is 43.5. The second-order valence-corrected chi connectivity index (χ2v) is 11.2. The molecular formula is C29H43NO5S. The maximum absolute atomic E-state index is 11.5. The third-order valence-electron chi connectivity index (χ3n) is 7.03. The highest BCUT2D eigenvalue weighted by Gasteiger charge is 2.28.